The maximum Gasteiger partial charge on any atom is 0.0823 e. The summed E-state index contributed by atoms with van der Waals surface area (Å²) in [6.45, 7) is 4.82. The van der Waals surface area contributed by atoms with Crippen LogP contribution < -0.4 is 5.32 Å². The number of rotatable bonds is 4. The summed E-state index contributed by atoms with van der Waals surface area (Å²) in [7, 11) is 0. The van der Waals surface area contributed by atoms with Crippen LogP contribution in [0.15, 0.2) is 30.5 Å². The Morgan fingerprint density at radius 1 is 1.28 bits per heavy atom. The van der Waals surface area contributed by atoms with Crippen molar-refractivity contribution in [3.8, 4) is 0 Å². The lowest BCUT2D eigenvalue weighted by Crippen LogP contribution is -2.05. The van der Waals surface area contributed by atoms with Gasteiger partial charge in [-0.3, -0.25) is 4.68 Å². The molecule has 0 fully saturated rings. The first-order valence-corrected chi connectivity index (χ1v) is 6.55. The Morgan fingerprint density at radius 3 is 2.72 bits per heavy atom. The number of benzene rings is 1. The van der Waals surface area contributed by atoms with Crippen molar-refractivity contribution in [2.24, 2.45) is 0 Å². The molecule has 0 bridgehead atoms. The summed E-state index contributed by atoms with van der Waals surface area (Å²) < 4.78 is 1.93. The molecule has 3 nitrogen and oxygen atoms in total. The SMILES string of the molecule is CC(C)n1ccc(CNc2cccc(Cl)c2Cl)n1. The van der Waals surface area contributed by atoms with Crippen LogP contribution in [0.1, 0.15) is 25.6 Å². The van der Waals surface area contributed by atoms with Crippen molar-refractivity contribution in [3.05, 3.63) is 46.2 Å². The molecular weight excluding hydrogens is 269 g/mol. The Kier molecular flexibility index (Phi) is 4.15. The van der Waals surface area contributed by atoms with E-state index in [1.807, 2.05) is 29.1 Å². The Bertz CT molecular complexity index is 535. The summed E-state index contributed by atoms with van der Waals surface area (Å²) in [5.41, 5.74) is 1.79. The number of aromatic nitrogens is 2. The Morgan fingerprint density at radius 2 is 2.06 bits per heavy atom. The maximum absolute atomic E-state index is 6.10. The fourth-order valence-corrected chi connectivity index (χ4v) is 1.95. The summed E-state index contributed by atoms with van der Waals surface area (Å²) in [6.07, 6.45) is 1.97. The molecule has 0 aliphatic heterocycles. The fourth-order valence-electron chi connectivity index (χ4n) is 1.59. The summed E-state index contributed by atoms with van der Waals surface area (Å²) in [5.74, 6) is 0. The second-order valence-corrected chi connectivity index (χ2v) is 5.12. The van der Waals surface area contributed by atoms with Crippen LogP contribution in [0.25, 0.3) is 0 Å². The first-order chi connectivity index (χ1) is 8.58. The quantitative estimate of drug-likeness (QED) is 0.902. The van der Waals surface area contributed by atoms with Crippen LogP contribution in [0.5, 0.6) is 0 Å². The number of hydrogen-bond donors (Lipinski definition) is 1. The van der Waals surface area contributed by atoms with E-state index in [9.17, 15) is 0 Å². The van der Waals surface area contributed by atoms with Gasteiger partial charge in [0.2, 0.25) is 0 Å². The van der Waals surface area contributed by atoms with E-state index in [0.717, 1.165) is 11.4 Å². The second-order valence-electron chi connectivity index (χ2n) is 4.34. The maximum atomic E-state index is 6.10. The van der Waals surface area contributed by atoms with E-state index in [1.54, 1.807) is 6.07 Å². The van der Waals surface area contributed by atoms with Gasteiger partial charge in [-0.05, 0) is 32.0 Å². The third kappa shape index (κ3) is 2.98. The molecule has 2 aromatic rings. The summed E-state index contributed by atoms with van der Waals surface area (Å²) in [6, 6.07) is 7.89. The van der Waals surface area contributed by atoms with Gasteiger partial charge in [0.25, 0.3) is 0 Å². The predicted molar refractivity (Wildman–Crippen MR) is 76.4 cm³/mol. The van der Waals surface area contributed by atoms with Gasteiger partial charge < -0.3 is 5.32 Å². The van der Waals surface area contributed by atoms with Crippen molar-refractivity contribution in [3.63, 3.8) is 0 Å². The second kappa shape index (κ2) is 5.63. The van der Waals surface area contributed by atoms with Gasteiger partial charge in [0, 0.05) is 12.2 Å². The first-order valence-electron chi connectivity index (χ1n) is 5.80. The molecule has 0 radical (unpaired) electrons. The van der Waals surface area contributed by atoms with Crippen molar-refractivity contribution >= 4 is 28.9 Å². The standard InChI is InChI=1S/C13H15Cl2N3/c1-9(2)18-7-6-10(17-18)8-16-12-5-3-4-11(14)13(12)15/h3-7,9,16H,8H2,1-2H3. The van der Waals surface area contributed by atoms with Crippen molar-refractivity contribution < 1.29 is 0 Å². The van der Waals surface area contributed by atoms with Gasteiger partial charge in [-0.2, -0.15) is 5.10 Å². The number of nitrogens with one attached hydrogen (secondary N) is 1. The Labute approximate surface area is 117 Å². The molecule has 2 rings (SSSR count). The van der Waals surface area contributed by atoms with Crippen LogP contribution in [-0.4, -0.2) is 9.78 Å². The van der Waals surface area contributed by atoms with E-state index >= 15 is 0 Å². The molecule has 0 aliphatic carbocycles. The average Bonchev–Trinajstić information content (AvgIpc) is 2.80. The minimum Gasteiger partial charge on any atom is -0.378 e. The Balaban J connectivity index is 2.04. The fraction of sp³-hybridized carbons (Fsp3) is 0.308. The highest BCUT2D eigenvalue weighted by atomic mass is 35.5. The molecule has 96 valence electrons. The van der Waals surface area contributed by atoms with E-state index in [4.69, 9.17) is 23.2 Å². The third-order valence-electron chi connectivity index (χ3n) is 2.60. The summed E-state index contributed by atoms with van der Waals surface area (Å²) >= 11 is 12.0. The van der Waals surface area contributed by atoms with Crippen molar-refractivity contribution in [2.45, 2.75) is 26.4 Å². The molecule has 0 saturated heterocycles. The van der Waals surface area contributed by atoms with Crippen LogP contribution >= 0.6 is 23.2 Å². The monoisotopic (exact) mass is 283 g/mol. The number of hydrogen-bond acceptors (Lipinski definition) is 2. The molecule has 0 spiro atoms. The highest BCUT2D eigenvalue weighted by Gasteiger charge is 2.05. The normalized spacial score (nSPS) is 10.9. The summed E-state index contributed by atoms with van der Waals surface area (Å²) in [5, 5.41) is 8.78. The zero-order chi connectivity index (χ0) is 13.1. The average molecular weight is 284 g/mol. The van der Waals surface area contributed by atoms with Crippen LogP contribution in [-0.2, 0) is 6.54 Å². The molecule has 1 heterocycles. The van der Waals surface area contributed by atoms with Crippen molar-refractivity contribution in [1.29, 1.82) is 0 Å². The molecule has 0 aliphatic rings. The van der Waals surface area contributed by atoms with Gasteiger partial charge in [0.15, 0.2) is 0 Å². The minimum atomic E-state index is 0.369. The lowest BCUT2D eigenvalue weighted by Gasteiger charge is -2.08. The molecule has 1 aromatic carbocycles. The predicted octanol–water partition coefficient (Wildman–Crippen LogP) is 4.38. The van der Waals surface area contributed by atoms with Gasteiger partial charge in [0.05, 0.1) is 28.0 Å². The number of nitrogens with zero attached hydrogens (tertiary/aromatic N) is 2. The van der Waals surface area contributed by atoms with E-state index in [-0.39, 0.29) is 0 Å². The van der Waals surface area contributed by atoms with Crippen LogP contribution in [0.3, 0.4) is 0 Å². The van der Waals surface area contributed by atoms with E-state index in [1.165, 1.54) is 0 Å². The number of halogens is 2. The molecule has 0 atom stereocenters. The lowest BCUT2D eigenvalue weighted by atomic mass is 10.3. The molecule has 0 amide bonds. The first kappa shape index (κ1) is 13.2. The number of anilines is 1. The zero-order valence-corrected chi connectivity index (χ0v) is 11.8. The van der Waals surface area contributed by atoms with Crippen LogP contribution in [0.4, 0.5) is 5.69 Å². The molecule has 1 aromatic heterocycles. The van der Waals surface area contributed by atoms with Crippen LogP contribution in [0.2, 0.25) is 10.0 Å². The molecule has 1 N–H and O–H groups in total. The highest BCUT2D eigenvalue weighted by molar-refractivity contribution is 6.43. The Hall–Kier alpha value is -1.19. The molecule has 0 saturated carbocycles. The van der Waals surface area contributed by atoms with Gasteiger partial charge in [-0.15, -0.1) is 0 Å². The largest absolute Gasteiger partial charge is 0.378 e. The third-order valence-corrected chi connectivity index (χ3v) is 3.42. The highest BCUT2D eigenvalue weighted by Crippen LogP contribution is 2.29. The van der Waals surface area contributed by atoms with Crippen LogP contribution in [0, 0.1) is 0 Å². The topological polar surface area (TPSA) is 29.9 Å². The van der Waals surface area contributed by atoms with E-state index in [2.05, 4.69) is 24.3 Å². The molecule has 0 unspecified atom stereocenters. The van der Waals surface area contributed by atoms with Gasteiger partial charge in [-0.25, -0.2) is 0 Å². The van der Waals surface area contributed by atoms with E-state index < -0.39 is 0 Å². The van der Waals surface area contributed by atoms with Gasteiger partial charge in [-0.1, -0.05) is 29.3 Å². The van der Waals surface area contributed by atoms with E-state index in [0.29, 0.717) is 22.6 Å². The van der Waals surface area contributed by atoms with Crippen molar-refractivity contribution in [2.75, 3.05) is 5.32 Å². The zero-order valence-electron chi connectivity index (χ0n) is 10.3. The lowest BCUT2D eigenvalue weighted by molar-refractivity contribution is 0.527. The molecule has 5 heteroatoms. The molecule has 18 heavy (non-hydrogen) atoms. The van der Waals surface area contributed by atoms with Gasteiger partial charge in [0.1, 0.15) is 0 Å². The molecular formula is C13H15Cl2N3. The smallest absolute Gasteiger partial charge is 0.0823 e. The van der Waals surface area contributed by atoms with Crippen molar-refractivity contribution in [1.82, 2.24) is 9.78 Å². The van der Waals surface area contributed by atoms with Gasteiger partial charge >= 0.3 is 0 Å². The minimum absolute atomic E-state index is 0.369. The summed E-state index contributed by atoms with van der Waals surface area (Å²) in [4.78, 5) is 0.